The van der Waals surface area contributed by atoms with Crippen LogP contribution in [0.2, 0.25) is 0 Å². The summed E-state index contributed by atoms with van der Waals surface area (Å²) in [6.45, 7) is 1.42. The van der Waals surface area contributed by atoms with E-state index in [0.29, 0.717) is 0 Å². The number of nitriles is 1. The summed E-state index contributed by atoms with van der Waals surface area (Å²) in [5.41, 5.74) is 2.51. The molecule has 0 N–H and O–H groups in total. The summed E-state index contributed by atoms with van der Waals surface area (Å²) in [5, 5.41) is 9.17. The van der Waals surface area contributed by atoms with Crippen molar-refractivity contribution >= 4 is 5.97 Å². The van der Waals surface area contributed by atoms with Gasteiger partial charge in [-0.1, -0.05) is 30.3 Å². The molecule has 104 valence electrons. The van der Waals surface area contributed by atoms with Gasteiger partial charge in [0.15, 0.2) is 0 Å². The fourth-order valence-electron chi connectivity index (χ4n) is 2.37. The number of allylic oxidation sites excluding steroid dienone is 1. The third-order valence-electron chi connectivity index (χ3n) is 3.53. The molecule has 0 fully saturated rings. The lowest BCUT2D eigenvalue weighted by molar-refractivity contribution is -0.144. The van der Waals surface area contributed by atoms with Gasteiger partial charge >= 0.3 is 5.97 Å². The standard InChI is InChI=1S/C17H19NO2/c1-13(19)20-17-10-8-15-4-2-14(3-5-15)6-7-16(12-18)9-11-17/h2-5,9,11,16-17H,6-8,10H2,1H3/b11-9-. The molecule has 0 spiro atoms. The molecule has 0 aromatic heterocycles. The van der Waals surface area contributed by atoms with Crippen LogP contribution in [0.5, 0.6) is 0 Å². The molecule has 2 aliphatic carbocycles. The summed E-state index contributed by atoms with van der Waals surface area (Å²) < 4.78 is 5.29. The van der Waals surface area contributed by atoms with E-state index >= 15 is 0 Å². The zero-order valence-corrected chi connectivity index (χ0v) is 11.7. The van der Waals surface area contributed by atoms with E-state index in [1.54, 1.807) is 0 Å². The number of aryl methyl sites for hydroxylation is 2. The Bertz CT molecular complexity index is 525. The summed E-state index contributed by atoms with van der Waals surface area (Å²) in [6, 6.07) is 10.8. The van der Waals surface area contributed by atoms with E-state index in [1.165, 1.54) is 18.1 Å². The van der Waals surface area contributed by atoms with E-state index in [4.69, 9.17) is 4.74 Å². The fraction of sp³-hybridized carbons (Fsp3) is 0.412. The molecule has 2 aliphatic rings. The molecular weight excluding hydrogens is 250 g/mol. The molecule has 1 aromatic rings. The first kappa shape index (κ1) is 14.3. The molecule has 1 aromatic carbocycles. The van der Waals surface area contributed by atoms with Gasteiger partial charge in [-0.3, -0.25) is 4.79 Å². The summed E-state index contributed by atoms with van der Waals surface area (Å²) in [7, 11) is 0. The second-order valence-corrected chi connectivity index (χ2v) is 5.16. The number of ether oxygens (including phenoxy) is 1. The lowest BCUT2D eigenvalue weighted by Gasteiger charge is -2.15. The third-order valence-corrected chi connectivity index (χ3v) is 3.53. The zero-order chi connectivity index (χ0) is 14.4. The van der Waals surface area contributed by atoms with Crippen molar-refractivity contribution in [2.45, 2.75) is 38.7 Å². The minimum absolute atomic E-state index is 0.132. The molecule has 3 heteroatoms. The minimum Gasteiger partial charge on any atom is -0.458 e. The van der Waals surface area contributed by atoms with E-state index < -0.39 is 0 Å². The van der Waals surface area contributed by atoms with Crippen LogP contribution in [-0.4, -0.2) is 12.1 Å². The molecular formula is C17H19NO2. The Morgan fingerprint density at radius 2 is 1.75 bits per heavy atom. The molecule has 3 rings (SSSR count). The molecule has 0 saturated carbocycles. The molecule has 0 radical (unpaired) electrons. The first-order chi connectivity index (χ1) is 9.67. The highest BCUT2D eigenvalue weighted by molar-refractivity contribution is 5.66. The van der Waals surface area contributed by atoms with Crippen LogP contribution >= 0.6 is 0 Å². The maximum atomic E-state index is 11.1. The number of rotatable bonds is 1. The Morgan fingerprint density at radius 1 is 1.15 bits per heavy atom. The molecule has 3 nitrogen and oxygen atoms in total. The SMILES string of the molecule is CC(=O)OC1/C=C\C(C#N)CCc2ccc(cc2)CC1. The Morgan fingerprint density at radius 3 is 2.30 bits per heavy atom. The van der Waals surface area contributed by atoms with Gasteiger partial charge < -0.3 is 4.74 Å². The van der Waals surface area contributed by atoms with E-state index in [0.717, 1.165) is 25.7 Å². The molecule has 0 amide bonds. The van der Waals surface area contributed by atoms with E-state index in [-0.39, 0.29) is 18.0 Å². The highest BCUT2D eigenvalue weighted by Crippen LogP contribution is 2.17. The monoisotopic (exact) mass is 269 g/mol. The van der Waals surface area contributed by atoms with Gasteiger partial charge in [-0.2, -0.15) is 5.26 Å². The number of carbonyl (C=O) groups excluding carboxylic acids is 1. The van der Waals surface area contributed by atoms with Crippen LogP contribution in [0.3, 0.4) is 0 Å². The van der Waals surface area contributed by atoms with Crippen LogP contribution in [0.4, 0.5) is 0 Å². The van der Waals surface area contributed by atoms with Crippen molar-refractivity contribution in [1.82, 2.24) is 0 Å². The van der Waals surface area contributed by atoms with Gasteiger partial charge in [-0.05, 0) is 42.9 Å². The second-order valence-electron chi connectivity index (χ2n) is 5.16. The van der Waals surface area contributed by atoms with Crippen LogP contribution in [0, 0.1) is 17.2 Å². The highest BCUT2D eigenvalue weighted by atomic mass is 16.5. The molecule has 0 aliphatic heterocycles. The van der Waals surface area contributed by atoms with Crippen LogP contribution in [0.15, 0.2) is 36.4 Å². The van der Waals surface area contributed by atoms with Gasteiger partial charge in [0.05, 0.1) is 12.0 Å². The summed E-state index contributed by atoms with van der Waals surface area (Å²) in [4.78, 5) is 11.1. The lowest BCUT2D eigenvalue weighted by Crippen LogP contribution is -2.15. The first-order valence-electron chi connectivity index (χ1n) is 7.00. The van der Waals surface area contributed by atoms with Crippen LogP contribution in [0.1, 0.15) is 30.9 Å². The Kier molecular flexibility index (Phi) is 4.95. The average Bonchev–Trinajstić information content (AvgIpc) is 2.43. The highest BCUT2D eigenvalue weighted by Gasteiger charge is 2.12. The van der Waals surface area contributed by atoms with Gasteiger partial charge in [-0.25, -0.2) is 0 Å². The fourth-order valence-corrected chi connectivity index (χ4v) is 2.37. The number of carbonyl (C=O) groups is 1. The number of hydrogen-bond acceptors (Lipinski definition) is 3. The largest absolute Gasteiger partial charge is 0.458 e. The average molecular weight is 269 g/mol. The van der Waals surface area contributed by atoms with Gasteiger partial charge in [0.2, 0.25) is 0 Å². The third kappa shape index (κ3) is 4.24. The van der Waals surface area contributed by atoms with Gasteiger partial charge in [0, 0.05) is 6.92 Å². The topological polar surface area (TPSA) is 50.1 Å². The number of fused-ring (bicyclic) bond motifs is 8. The van der Waals surface area contributed by atoms with Crippen molar-refractivity contribution in [3.05, 3.63) is 47.5 Å². The molecule has 2 bridgehead atoms. The van der Waals surface area contributed by atoms with Crippen LogP contribution < -0.4 is 0 Å². The number of hydrogen-bond donors (Lipinski definition) is 0. The smallest absolute Gasteiger partial charge is 0.303 e. The van der Waals surface area contributed by atoms with E-state index in [2.05, 4.69) is 30.3 Å². The van der Waals surface area contributed by atoms with Crippen molar-refractivity contribution in [2.75, 3.05) is 0 Å². The number of esters is 1. The Hall–Kier alpha value is -2.08. The first-order valence-corrected chi connectivity index (χ1v) is 7.00. The van der Waals surface area contributed by atoms with Gasteiger partial charge in [0.25, 0.3) is 0 Å². The predicted octanol–water partition coefficient (Wildman–Crippen LogP) is 3.19. The van der Waals surface area contributed by atoms with Crippen molar-refractivity contribution in [1.29, 1.82) is 5.26 Å². The predicted molar refractivity (Wildman–Crippen MR) is 76.9 cm³/mol. The molecule has 20 heavy (non-hydrogen) atoms. The summed E-state index contributed by atoms with van der Waals surface area (Å²) >= 11 is 0. The maximum Gasteiger partial charge on any atom is 0.303 e. The quantitative estimate of drug-likeness (QED) is 0.581. The van der Waals surface area contributed by atoms with Crippen LogP contribution in [0.25, 0.3) is 0 Å². The number of benzene rings is 1. The summed E-state index contributed by atoms with van der Waals surface area (Å²) in [5.74, 6) is -0.414. The van der Waals surface area contributed by atoms with Crippen molar-refractivity contribution in [3.63, 3.8) is 0 Å². The van der Waals surface area contributed by atoms with Gasteiger partial charge in [0.1, 0.15) is 6.10 Å². The Labute approximate surface area is 119 Å². The van der Waals surface area contributed by atoms with Crippen molar-refractivity contribution in [3.8, 4) is 6.07 Å². The lowest BCUT2D eigenvalue weighted by atomic mass is 9.96. The molecule has 2 atom stereocenters. The second kappa shape index (κ2) is 6.91. The zero-order valence-electron chi connectivity index (χ0n) is 11.7. The minimum atomic E-state index is -0.282. The van der Waals surface area contributed by atoms with Crippen LogP contribution in [-0.2, 0) is 22.4 Å². The number of nitrogens with zero attached hydrogens (tertiary/aromatic N) is 1. The maximum absolute atomic E-state index is 11.1. The Balaban J connectivity index is 2.19. The van der Waals surface area contributed by atoms with Crippen molar-refractivity contribution < 1.29 is 9.53 Å². The van der Waals surface area contributed by atoms with Gasteiger partial charge in [-0.15, -0.1) is 0 Å². The summed E-state index contributed by atoms with van der Waals surface area (Å²) in [6.07, 6.45) is 6.78. The molecule has 2 unspecified atom stereocenters. The normalized spacial score (nSPS) is 24.0. The van der Waals surface area contributed by atoms with E-state index in [9.17, 15) is 10.1 Å². The molecule has 0 heterocycles. The van der Waals surface area contributed by atoms with E-state index in [1.807, 2.05) is 12.2 Å². The molecule has 0 saturated heterocycles. The van der Waals surface area contributed by atoms with Crippen molar-refractivity contribution in [2.24, 2.45) is 5.92 Å².